The molecule has 19 heavy (non-hydrogen) atoms. The minimum Gasteiger partial charge on any atom is -0.378 e. The molecule has 1 heterocycles. The van der Waals surface area contributed by atoms with Crippen LogP contribution in [0.1, 0.15) is 36.0 Å². The Morgan fingerprint density at radius 2 is 2.11 bits per heavy atom. The van der Waals surface area contributed by atoms with E-state index >= 15 is 0 Å². The Hall–Kier alpha value is -1.26. The van der Waals surface area contributed by atoms with Gasteiger partial charge in [0.05, 0.1) is 19.3 Å². The number of halogens is 1. The normalized spacial score (nSPS) is 19.3. The van der Waals surface area contributed by atoms with Gasteiger partial charge >= 0.3 is 0 Å². The maximum absolute atomic E-state index is 12.7. The highest BCUT2D eigenvalue weighted by Gasteiger charge is 2.14. The molecule has 1 fully saturated rings. The molecule has 4 heteroatoms. The van der Waals surface area contributed by atoms with Gasteiger partial charge < -0.3 is 9.47 Å². The Balaban J connectivity index is 1.64. The second-order valence-electron chi connectivity index (χ2n) is 4.74. The van der Waals surface area contributed by atoms with Gasteiger partial charge in [0.1, 0.15) is 5.82 Å². The summed E-state index contributed by atoms with van der Waals surface area (Å²) in [5.41, 5.74) is 0.527. The van der Waals surface area contributed by atoms with Crippen LogP contribution in [-0.4, -0.2) is 31.7 Å². The molecule has 1 aromatic carbocycles. The van der Waals surface area contributed by atoms with Gasteiger partial charge in [0.2, 0.25) is 0 Å². The van der Waals surface area contributed by atoms with Crippen LogP contribution in [0.2, 0.25) is 0 Å². The van der Waals surface area contributed by atoms with Crippen LogP contribution >= 0.6 is 0 Å². The highest BCUT2D eigenvalue weighted by atomic mass is 19.1. The highest BCUT2D eigenvalue weighted by Crippen LogP contribution is 2.13. The molecule has 1 aliphatic heterocycles. The van der Waals surface area contributed by atoms with Crippen LogP contribution in [0.3, 0.4) is 0 Å². The van der Waals surface area contributed by atoms with Crippen molar-refractivity contribution in [2.45, 2.75) is 31.8 Å². The predicted octanol–water partition coefficient (Wildman–Crippen LogP) is 2.98. The zero-order valence-electron chi connectivity index (χ0n) is 10.9. The molecular formula is C15H19FO3. The van der Waals surface area contributed by atoms with Gasteiger partial charge in [-0.05, 0) is 43.5 Å². The summed E-state index contributed by atoms with van der Waals surface area (Å²) in [6, 6.07) is 5.59. The molecule has 0 spiro atoms. The number of rotatable bonds is 6. The average molecular weight is 266 g/mol. The molecule has 1 saturated heterocycles. The quantitative estimate of drug-likeness (QED) is 0.586. The highest BCUT2D eigenvalue weighted by molar-refractivity contribution is 5.96. The summed E-state index contributed by atoms with van der Waals surface area (Å²) in [5.74, 6) is -0.355. The molecule has 1 aromatic rings. The Morgan fingerprint density at radius 3 is 2.79 bits per heavy atom. The molecule has 2 rings (SSSR count). The number of benzene rings is 1. The lowest BCUT2D eigenvalue weighted by atomic mass is 10.1. The van der Waals surface area contributed by atoms with E-state index in [2.05, 4.69) is 0 Å². The minimum absolute atomic E-state index is 0.0236. The van der Waals surface area contributed by atoms with Crippen molar-refractivity contribution in [2.24, 2.45) is 0 Å². The molecule has 104 valence electrons. The van der Waals surface area contributed by atoms with Gasteiger partial charge in [-0.2, -0.15) is 0 Å². The summed E-state index contributed by atoms with van der Waals surface area (Å²) in [6.45, 7) is 1.75. The van der Waals surface area contributed by atoms with Crippen LogP contribution in [0.15, 0.2) is 24.3 Å². The van der Waals surface area contributed by atoms with Gasteiger partial charge in [-0.15, -0.1) is 0 Å². The summed E-state index contributed by atoms with van der Waals surface area (Å²) >= 11 is 0. The van der Waals surface area contributed by atoms with Crippen molar-refractivity contribution in [3.05, 3.63) is 35.6 Å². The van der Waals surface area contributed by atoms with Crippen LogP contribution in [0.4, 0.5) is 4.39 Å². The van der Waals surface area contributed by atoms with Gasteiger partial charge in [0.15, 0.2) is 5.78 Å². The maximum Gasteiger partial charge on any atom is 0.165 e. The Morgan fingerprint density at radius 1 is 1.32 bits per heavy atom. The topological polar surface area (TPSA) is 35.5 Å². The molecule has 0 bridgehead atoms. The predicted molar refractivity (Wildman–Crippen MR) is 69.8 cm³/mol. The largest absolute Gasteiger partial charge is 0.378 e. The molecular weight excluding hydrogens is 247 g/mol. The van der Waals surface area contributed by atoms with E-state index in [1.807, 2.05) is 0 Å². The number of hydrogen-bond acceptors (Lipinski definition) is 3. The number of Topliss-reactive ketones (excluding diaryl/α,β-unsaturated/α-hetero) is 1. The van der Waals surface area contributed by atoms with E-state index in [1.54, 1.807) is 0 Å². The van der Waals surface area contributed by atoms with Crippen molar-refractivity contribution in [3.8, 4) is 0 Å². The van der Waals surface area contributed by atoms with Gasteiger partial charge in [0.25, 0.3) is 0 Å². The number of hydrogen-bond donors (Lipinski definition) is 0. The molecule has 1 aliphatic rings. The third-order valence-corrected chi connectivity index (χ3v) is 3.22. The summed E-state index contributed by atoms with van der Waals surface area (Å²) in [4.78, 5) is 11.8. The zero-order chi connectivity index (χ0) is 13.5. The second kappa shape index (κ2) is 7.36. The summed E-state index contributed by atoms with van der Waals surface area (Å²) < 4.78 is 23.7. The molecule has 1 unspecified atom stereocenters. The fourth-order valence-electron chi connectivity index (χ4n) is 2.10. The van der Waals surface area contributed by atoms with Crippen LogP contribution < -0.4 is 0 Å². The lowest BCUT2D eigenvalue weighted by Gasteiger charge is -2.22. The van der Waals surface area contributed by atoms with E-state index in [-0.39, 0.29) is 17.7 Å². The Kier molecular flexibility index (Phi) is 5.48. The maximum atomic E-state index is 12.7. The molecule has 3 nitrogen and oxygen atoms in total. The molecule has 0 saturated carbocycles. The summed E-state index contributed by atoms with van der Waals surface area (Å²) in [7, 11) is 0. The van der Waals surface area contributed by atoms with Crippen molar-refractivity contribution in [3.63, 3.8) is 0 Å². The van der Waals surface area contributed by atoms with Gasteiger partial charge in [-0.3, -0.25) is 4.79 Å². The second-order valence-corrected chi connectivity index (χ2v) is 4.74. The zero-order valence-corrected chi connectivity index (χ0v) is 10.9. The first kappa shape index (κ1) is 14.2. The van der Waals surface area contributed by atoms with Crippen molar-refractivity contribution in [1.82, 2.24) is 0 Å². The molecule has 0 N–H and O–H groups in total. The van der Waals surface area contributed by atoms with Crippen molar-refractivity contribution in [2.75, 3.05) is 19.8 Å². The first-order valence-electron chi connectivity index (χ1n) is 6.74. The molecule has 1 atom stereocenters. The summed E-state index contributed by atoms with van der Waals surface area (Å²) in [5, 5.41) is 0. The van der Waals surface area contributed by atoms with Crippen molar-refractivity contribution < 1.29 is 18.7 Å². The van der Waals surface area contributed by atoms with Crippen LogP contribution in [-0.2, 0) is 9.47 Å². The fraction of sp³-hybridized carbons (Fsp3) is 0.533. The number of carbonyl (C=O) groups excluding carboxylic acids is 1. The van der Waals surface area contributed by atoms with Gasteiger partial charge in [-0.1, -0.05) is 0 Å². The number of ether oxygens (including phenoxy) is 2. The monoisotopic (exact) mass is 266 g/mol. The Bertz CT molecular complexity index is 396. The molecule has 0 aliphatic carbocycles. The van der Waals surface area contributed by atoms with E-state index in [4.69, 9.17) is 9.47 Å². The third kappa shape index (κ3) is 4.73. The SMILES string of the molecule is O=C(CCOCC1CCCCO1)c1ccc(F)cc1. The summed E-state index contributed by atoms with van der Waals surface area (Å²) in [6.07, 6.45) is 3.83. The van der Waals surface area contributed by atoms with E-state index in [0.717, 1.165) is 19.4 Å². The third-order valence-electron chi connectivity index (χ3n) is 3.22. The van der Waals surface area contributed by atoms with E-state index < -0.39 is 0 Å². The van der Waals surface area contributed by atoms with Crippen molar-refractivity contribution >= 4 is 5.78 Å². The van der Waals surface area contributed by atoms with Gasteiger partial charge in [0, 0.05) is 18.6 Å². The van der Waals surface area contributed by atoms with E-state index in [1.165, 1.54) is 30.7 Å². The number of ketones is 1. The molecule has 0 amide bonds. The first-order chi connectivity index (χ1) is 9.25. The van der Waals surface area contributed by atoms with Gasteiger partial charge in [-0.25, -0.2) is 4.39 Å². The first-order valence-corrected chi connectivity index (χ1v) is 6.74. The molecule has 0 radical (unpaired) electrons. The van der Waals surface area contributed by atoms with Crippen molar-refractivity contribution in [1.29, 1.82) is 0 Å². The standard InChI is InChI=1S/C15H19FO3/c16-13-6-4-12(5-7-13)15(17)8-10-18-11-14-3-1-2-9-19-14/h4-7,14H,1-3,8-11H2. The molecule has 0 aromatic heterocycles. The van der Waals surface area contributed by atoms with Crippen LogP contribution in [0.25, 0.3) is 0 Å². The Labute approximate surface area is 112 Å². The lowest BCUT2D eigenvalue weighted by Crippen LogP contribution is -2.24. The fourth-order valence-corrected chi connectivity index (χ4v) is 2.10. The van der Waals surface area contributed by atoms with E-state index in [0.29, 0.717) is 25.2 Å². The van der Waals surface area contributed by atoms with E-state index in [9.17, 15) is 9.18 Å². The van der Waals surface area contributed by atoms with Crippen LogP contribution in [0, 0.1) is 5.82 Å². The minimum atomic E-state index is -0.331. The average Bonchev–Trinajstić information content (AvgIpc) is 2.45. The smallest absolute Gasteiger partial charge is 0.165 e. The number of carbonyl (C=O) groups is 1. The lowest BCUT2D eigenvalue weighted by molar-refractivity contribution is -0.0401. The van der Waals surface area contributed by atoms with Crippen LogP contribution in [0.5, 0.6) is 0 Å².